The van der Waals surface area contributed by atoms with Crippen molar-refractivity contribution in [2.45, 2.75) is 58.8 Å². The molecule has 1 fully saturated rings. The second-order valence-electron chi connectivity index (χ2n) is 8.54. The van der Waals surface area contributed by atoms with Gasteiger partial charge in [-0.05, 0) is 36.5 Å². The largest absolute Gasteiger partial charge is 0.454 e. The highest BCUT2D eigenvalue weighted by Gasteiger charge is 2.24. The Morgan fingerprint density at radius 2 is 1.25 bits per heavy atom. The molecule has 190 valence electrons. The second kappa shape index (κ2) is 12.1. The highest BCUT2D eigenvalue weighted by Crippen LogP contribution is 2.39. The van der Waals surface area contributed by atoms with E-state index in [1.165, 1.54) is 24.8 Å². The van der Waals surface area contributed by atoms with Gasteiger partial charge in [-0.2, -0.15) is 0 Å². The molecule has 1 saturated carbocycles. The van der Waals surface area contributed by atoms with Gasteiger partial charge in [0.15, 0.2) is 23.9 Å². The van der Waals surface area contributed by atoms with Crippen molar-refractivity contribution in [3.63, 3.8) is 0 Å². The number of rotatable bonds is 8. The minimum Gasteiger partial charge on any atom is -0.454 e. The highest BCUT2D eigenvalue weighted by atomic mass is 16.6. The van der Waals surface area contributed by atoms with Gasteiger partial charge in [-0.25, -0.2) is 4.79 Å². The molecule has 0 radical (unpaired) electrons. The first kappa shape index (κ1) is 26.6. The third-order valence-corrected chi connectivity index (χ3v) is 5.65. The van der Waals surface area contributed by atoms with Crippen molar-refractivity contribution in [1.82, 2.24) is 0 Å². The molecule has 0 N–H and O–H groups in total. The summed E-state index contributed by atoms with van der Waals surface area (Å²) < 4.78 is 20.2. The fourth-order valence-electron chi connectivity index (χ4n) is 4.08. The molecule has 0 aromatic heterocycles. The summed E-state index contributed by atoms with van der Waals surface area (Å²) in [5, 5.41) is 0. The van der Waals surface area contributed by atoms with Gasteiger partial charge in [-0.3, -0.25) is 19.2 Å². The van der Waals surface area contributed by atoms with Gasteiger partial charge in [-0.1, -0.05) is 43.5 Å². The lowest BCUT2D eigenvalue weighted by molar-refractivity contribution is -0.135. The van der Waals surface area contributed by atoms with Crippen LogP contribution >= 0.6 is 0 Å². The van der Waals surface area contributed by atoms with Crippen molar-refractivity contribution >= 4 is 29.7 Å². The van der Waals surface area contributed by atoms with E-state index in [9.17, 15) is 24.0 Å². The van der Waals surface area contributed by atoms with Crippen molar-refractivity contribution in [3.05, 3.63) is 53.1 Å². The maximum Gasteiger partial charge on any atom is 0.338 e. The van der Waals surface area contributed by atoms with Crippen LogP contribution in [0.4, 0.5) is 0 Å². The number of esters is 4. The molecule has 0 spiro atoms. The molecule has 9 nitrogen and oxygen atoms in total. The third-order valence-electron chi connectivity index (χ3n) is 5.65. The summed E-state index contributed by atoms with van der Waals surface area (Å²) in [5.41, 5.74) is 1.43. The molecule has 0 unspecified atom stereocenters. The average molecular weight is 497 g/mol. The predicted octanol–water partition coefficient (Wildman–Crippen LogP) is 4.55. The Morgan fingerprint density at radius 3 is 1.75 bits per heavy atom. The van der Waals surface area contributed by atoms with E-state index in [1.807, 2.05) is 12.1 Å². The van der Waals surface area contributed by atoms with Crippen molar-refractivity contribution < 1.29 is 42.9 Å². The summed E-state index contributed by atoms with van der Waals surface area (Å²) >= 11 is 0. The van der Waals surface area contributed by atoms with Crippen LogP contribution in [0.25, 0.3) is 0 Å². The fraction of sp³-hybridized carbons (Fsp3) is 0.370. The maximum absolute atomic E-state index is 12.7. The van der Waals surface area contributed by atoms with E-state index in [0.717, 1.165) is 45.7 Å². The fourth-order valence-corrected chi connectivity index (χ4v) is 4.08. The molecule has 0 saturated heterocycles. The molecule has 0 aliphatic heterocycles. The molecule has 36 heavy (non-hydrogen) atoms. The maximum atomic E-state index is 12.7. The molecule has 0 atom stereocenters. The molecule has 0 bridgehead atoms. The van der Waals surface area contributed by atoms with Crippen molar-refractivity contribution in [1.29, 1.82) is 0 Å². The number of carbonyl (C=O) groups excluding carboxylic acids is 5. The summed E-state index contributed by atoms with van der Waals surface area (Å²) in [6.07, 6.45) is 5.97. The number of ketones is 1. The Bertz CT molecular complexity index is 1120. The highest BCUT2D eigenvalue weighted by molar-refractivity contribution is 5.99. The van der Waals surface area contributed by atoms with Gasteiger partial charge in [0.2, 0.25) is 5.75 Å². The molecule has 3 rings (SSSR count). The summed E-state index contributed by atoms with van der Waals surface area (Å²) in [6, 6.07) is 9.53. The number of carbonyl (C=O) groups is 5. The van der Waals surface area contributed by atoms with Crippen LogP contribution in [0.1, 0.15) is 85.1 Å². The van der Waals surface area contributed by atoms with Crippen LogP contribution in [0.15, 0.2) is 36.4 Å². The number of hydrogen-bond donors (Lipinski definition) is 0. The molecule has 2 aromatic rings. The average Bonchev–Trinajstić information content (AvgIpc) is 2.84. The smallest absolute Gasteiger partial charge is 0.338 e. The Morgan fingerprint density at radius 1 is 0.722 bits per heavy atom. The quantitative estimate of drug-likeness (QED) is 0.294. The first-order valence-electron chi connectivity index (χ1n) is 11.7. The van der Waals surface area contributed by atoms with Crippen LogP contribution in [0.5, 0.6) is 17.2 Å². The summed E-state index contributed by atoms with van der Waals surface area (Å²) in [6.45, 7) is 2.78. The minimum absolute atomic E-state index is 0.182. The van der Waals surface area contributed by atoms with Crippen LogP contribution in [-0.2, 0) is 19.1 Å². The first-order valence-corrected chi connectivity index (χ1v) is 11.7. The molecular weight excluding hydrogens is 468 g/mol. The lowest BCUT2D eigenvalue weighted by Crippen LogP contribution is -2.16. The number of hydrogen-bond acceptors (Lipinski definition) is 9. The van der Waals surface area contributed by atoms with Gasteiger partial charge in [0.25, 0.3) is 0 Å². The van der Waals surface area contributed by atoms with Crippen molar-refractivity contribution in [2.24, 2.45) is 0 Å². The second-order valence-corrected chi connectivity index (χ2v) is 8.54. The Labute approximate surface area is 208 Å². The minimum atomic E-state index is -0.932. The van der Waals surface area contributed by atoms with E-state index in [-0.39, 0.29) is 22.8 Å². The molecule has 0 heterocycles. The number of benzene rings is 2. The zero-order chi connectivity index (χ0) is 26.2. The standard InChI is InChI=1S/C27H28O9/c1-16(28)34-24-13-22(14-25(35-17(2)29)26(24)36-18(3)30)27(32)33-15-23(31)21-11-9-20(10-12-21)19-7-5-4-6-8-19/h9-14,19H,4-8,15H2,1-3H3. The van der Waals surface area contributed by atoms with Crippen molar-refractivity contribution in [3.8, 4) is 17.2 Å². The first-order chi connectivity index (χ1) is 17.1. The SMILES string of the molecule is CC(=O)Oc1cc(C(=O)OCC(=O)c2ccc(C3CCCCC3)cc2)cc(OC(C)=O)c1OC(C)=O. The van der Waals surface area contributed by atoms with Crippen LogP contribution in [-0.4, -0.2) is 36.3 Å². The normalized spacial score (nSPS) is 13.4. The number of Topliss-reactive ketones (excluding diaryl/α,β-unsaturated/α-hetero) is 1. The van der Waals surface area contributed by atoms with Gasteiger partial charge >= 0.3 is 23.9 Å². The van der Waals surface area contributed by atoms with Crippen molar-refractivity contribution in [2.75, 3.05) is 6.61 Å². The van der Waals surface area contributed by atoms with E-state index >= 15 is 0 Å². The summed E-state index contributed by atoms with van der Waals surface area (Å²) in [7, 11) is 0. The van der Waals surface area contributed by atoms with E-state index in [1.54, 1.807) is 12.1 Å². The molecule has 1 aliphatic rings. The Hall–Kier alpha value is -4.01. The van der Waals surface area contributed by atoms with Crippen LogP contribution in [0.2, 0.25) is 0 Å². The third kappa shape index (κ3) is 7.24. The predicted molar refractivity (Wildman–Crippen MR) is 127 cm³/mol. The Balaban J connectivity index is 1.75. The topological polar surface area (TPSA) is 122 Å². The molecule has 0 amide bonds. The van der Waals surface area contributed by atoms with Gasteiger partial charge in [0, 0.05) is 26.3 Å². The lowest BCUT2D eigenvalue weighted by atomic mass is 9.84. The molecular formula is C27H28O9. The Kier molecular flexibility index (Phi) is 8.94. The van der Waals surface area contributed by atoms with E-state index in [0.29, 0.717) is 11.5 Å². The van der Waals surface area contributed by atoms with E-state index in [4.69, 9.17) is 18.9 Å². The molecule has 9 heteroatoms. The number of ether oxygens (including phenoxy) is 4. The van der Waals surface area contributed by atoms with Crippen LogP contribution in [0, 0.1) is 0 Å². The van der Waals surface area contributed by atoms with Gasteiger partial charge in [0.05, 0.1) is 5.56 Å². The van der Waals surface area contributed by atoms with Gasteiger partial charge < -0.3 is 18.9 Å². The van der Waals surface area contributed by atoms with E-state index < -0.39 is 36.3 Å². The monoisotopic (exact) mass is 496 g/mol. The zero-order valence-electron chi connectivity index (χ0n) is 20.5. The molecule has 1 aliphatic carbocycles. The zero-order valence-corrected chi connectivity index (χ0v) is 20.5. The van der Waals surface area contributed by atoms with Crippen LogP contribution in [0.3, 0.4) is 0 Å². The van der Waals surface area contributed by atoms with Crippen LogP contribution < -0.4 is 14.2 Å². The summed E-state index contributed by atoms with van der Waals surface area (Å²) in [5.74, 6) is -4.13. The lowest BCUT2D eigenvalue weighted by Gasteiger charge is -2.22. The summed E-state index contributed by atoms with van der Waals surface area (Å²) in [4.78, 5) is 59.8. The van der Waals surface area contributed by atoms with Gasteiger partial charge in [-0.15, -0.1) is 0 Å². The van der Waals surface area contributed by atoms with E-state index in [2.05, 4.69) is 0 Å². The molecule has 2 aromatic carbocycles. The van der Waals surface area contributed by atoms with Gasteiger partial charge in [0.1, 0.15) is 0 Å².